The molecule has 248 valence electrons. The van der Waals surface area contributed by atoms with Crippen LogP contribution in [0.25, 0.3) is 0 Å². The second kappa shape index (κ2) is 29.8. The second-order valence-corrected chi connectivity index (χ2v) is 11.7. The van der Waals surface area contributed by atoms with Crippen LogP contribution in [0.5, 0.6) is 0 Å². The molecule has 0 saturated heterocycles. The molecule has 0 amide bonds. The molecule has 0 saturated carbocycles. The van der Waals surface area contributed by atoms with Gasteiger partial charge < -0.3 is 14.6 Å². The minimum atomic E-state index is -2.00. The summed E-state index contributed by atoms with van der Waals surface area (Å²) >= 11 is 0. The molecule has 0 radical (unpaired) electrons. The maximum Gasteiger partial charge on any atom is 0.305 e. The minimum absolute atomic E-state index is 0.166. The van der Waals surface area contributed by atoms with E-state index in [9.17, 15) is 19.5 Å². The van der Waals surface area contributed by atoms with Crippen molar-refractivity contribution in [2.45, 2.75) is 168 Å². The lowest BCUT2D eigenvalue weighted by Crippen LogP contribution is -2.48. The zero-order valence-corrected chi connectivity index (χ0v) is 27.9. The molecule has 0 aliphatic carbocycles. The summed E-state index contributed by atoms with van der Waals surface area (Å²) in [6.07, 6.45) is 32.8. The van der Waals surface area contributed by atoms with Gasteiger partial charge in [-0.2, -0.15) is 0 Å². The highest BCUT2D eigenvalue weighted by Crippen LogP contribution is 2.17. The summed E-state index contributed by atoms with van der Waals surface area (Å²) < 4.78 is 10.6. The third kappa shape index (κ3) is 26.0. The van der Waals surface area contributed by atoms with Crippen LogP contribution in [0.4, 0.5) is 0 Å². The molecule has 0 heterocycles. The number of ether oxygens (including phenoxy) is 2. The molecule has 43 heavy (non-hydrogen) atoms. The van der Waals surface area contributed by atoms with Crippen molar-refractivity contribution in [2.75, 3.05) is 13.2 Å². The Labute approximate surface area is 263 Å². The monoisotopic (exact) mass is 604 g/mol. The van der Waals surface area contributed by atoms with Crippen molar-refractivity contribution in [3.63, 3.8) is 0 Å². The van der Waals surface area contributed by atoms with Crippen molar-refractivity contribution in [3.05, 3.63) is 36.5 Å². The van der Waals surface area contributed by atoms with E-state index in [1.807, 2.05) is 0 Å². The van der Waals surface area contributed by atoms with Gasteiger partial charge >= 0.3 is 11.9 Å². The first kappa shape index (κ1) is 40.8. The van der Waals surface area contributed by atoms with E-state index >= 15 is 0 Å². The molecule has 0 aromatic heterocycles. The first-order chi connectivity index (χ1) is 20.9. The van der Waals surface area contributed by atoms with E-state index < -0.39 is 36.5 Å². The predicted molar refractivity (Wildman–Crippen MR) is 178 cm³/mol. The van der Waals surface area contributed by atoms with Crippen LogP contribution >= 0.6 is 0 Å². The molecule has 0 aliphatic heterocycles. The van der Waals surface area contributed by atoms with Gasteiger partial charge in [-0.1, -0.05) is 128 Å². The zero-order valence-electron chi connectivity index (χ0n) is 27.9. The van der Waals surface area contributed by atoms with Crippen LogP contribution < -0.4 is 0 Å². The highest BCUT2D eigenvalue weighted by molar-refractivity contribution is 5.88. The number of allylic oxidation sites excluding steroid dienone is 6. The Balaban J connectivity index is 4.50. The van der Waals surface area contributed by atoms with Gasteiger partial charge in [0, 0.05) is 19.3 Å². The summed E-state index contributed by atoms with van der Waals surface area (Å²) in [4.78, 5) is 37.5. The zero-order chi connectivity index (χ0) is 31.9. The number of ketones is 1. The smallest absolute Gasteiger partial charge is 0.305 e. The SMILES string of the molecule is CCC=CCC=CCC=CCCCCCCCC(=O)C(O)(COC(=O)CCCCCCC)COC(=O)CCCCCCC. The molecule has 6 nitrogen and oxygen atoms in total. The molecule has 0 spiro atoms. The van der Waals surface area contributed by atoms with Crippen LogP contribution in [-0.4, -0.2) is 41.6 Å². The van der Waals surface area contributed by atoms with E-state index in [1.165, 1.54) is 0 Å². The Hall–Kier alpha value is -2.21. The van der Waals surface area contributed by atoms with Gasteiger partial charge in [0.1, 0.15) is 13.2 Å². The van der Waals surface area contributed by atoms with E-state index in [0.717, 1.165) is 116 Å². The average Bonchev–Trinajstić information content (AvgIpc) is 3.00. The lowest BCUT2D eigenvalue weighted by Gasteiger charge is -2.26. The molecule has 0 unspecified atom stereocenters. The van der Waals surface area contributed by atoms with Crippen molar-refractivity contribution >= 4 is 17.7 Å². The fourth-order valence-electron chi connectivity index (χ4n) is 4.63. The van der Waals surface area contributed by atoms with Crippen molar-refractivity contribution in [1.29, 1.82) is 0 Å². The van der Waals surface area contributed by atoms with Gasteiger partial charge in [-0.25, -0.2) is 0 Å². The van der Waals surface area contributed by atoms with E-state index in [1.54, 1.807) is 0 Å². The number of esters is 2. The summed E-state index contributed by atoms with van der Waals surface area (Å²) in [6, 6.07) is 0. The second-order valence-electron chi connectivity index (χ2n) is 11.7. The highest BCUT2D eigenvalue weighted by atomic mass is 16.6. The number of rotatable bonds is 30. The van der Waals surface area contributed by atoms with Crippen molar-refractivity contribution in [1.82, 2.24) is 0 Å². The van der Waals surface area contributed by atoms with Gasteiger partial charge in [0.15, 0.2) is 11.4 Å². The Bertz CT molecular complexity index is 752. The van der Waals surface area contributed by atoms with Crippen molar-refractivity contribution in [3.8, 4) is 0 Å². The number of unbranched alkanes of at least 4 members (excludes halogenated alkanes) is 13. The third-order valence-electron chi connectivity index (χ3n) is 7.49. The Morgan fingerprint density at radius 2 is 0.953 bits per heavy atom. The van der Waals surface area contributed by atoms with Crippen molar-refractivity contribution in [2.24, 2.45) is 0 Å². The number of carbonyl (C=O) groups excluding carboxylic acids is 3. The van der Waals surface area contributed by atoms with Crippen molar-refractivity contribution < 1.29 is 29.0 Å². The largest absolute Gasteiger partial charge is 0.462 e. The van der Waals surface area contributed by atoms with E-state index in [2.05, 4.69) is 57.2 Å². The third-order valence-corrected chi connectivity index (χ3v) is 7.49. The van der Waals surface area contributed by atoms with Gasteiger partial charge in [-0.15, -0.1) is 0 Å². The molecule has 0 rings (SSSR count). The topological polar surface area (TPSA) is 89.9 Å². The minimum Gasteiger partial charge on any atom is -0.462 e. The molecule has 0 bridgehead atoms. The van der Waals surface area contributed by atoms with E-state index in [4.69, 9.17) is 9.47 Å². The Morgan fingerprint density at radius 3 is 1.47 bits per heavy atom. The summed E-state index contributed by atoms with van der Waals surface area (Å²) in [5.41, 5.74) is -2.00. The number of hydrogen-bond donors (Lipinski definition) is 1. The van der Waals surface area contributed by atoms with E-state index in [-0.39, 0.29) is 19.3 Å². The van der Waals surface area contributed by atoms with Crippen LogP contribution in [0.1, 0.15) is 162 Å². The van der Waals surface area contributed by atoms with Crippen LogP contribution in [0.2, 0.25) is 0 Å². The van der Waals surface area contributed by atoms with Gasteiger partial charge in [0.25, 0.3) is 0 Å². The average molecular weight is 605 g/mol. The fraction of sp³-hybridized carbons (Fsp3) is 0.757. The first-order valence-corrected chi connectivity index (χ1v) is 17.4. The molecule has 0 aromatic carbocycles. The molecule has 1 N–H and O–H groups in total. The molecule has 0 aliphatic rings. The fourth-order valence-corrected chi connectivity index (χ4v) is 4.63. The van der Waals surface area contributed by atoms with Crippen LogP contribution in [0, 0.1) is 0 Å². The van der Waals surface area contributed by atoms with Gasteiger partial charge in [0.05, 0.1) is 0 Å². The molecule has 6 heteroatoms. The van der Waals surface area contributed by atoms with Gasteiger partial charge in [-0.3, -0.25) is 14.4 Å². The predicted octanol–water partition coefficient (Wildman–Crippen LogP) is 9.68. The first-order valence-electron chi connectivity index (χ1n) is 17.4. The van der Waals surface area contributed by atoms with Gasteiger partial charge in [0.2, 0.25) is 0 Å². The number of hydrogen-bond acceptors (Lipinski definition) is 6. The lowest BCUT2D eigenvalue weighted by molar-refractivity contribution is -0.169. The van der Waals surface area contributed by atoms with Gasteiger partial charge in [-0.05, 0) is 51.4 Å². The van der Waals surface area contributed by atoms with Crippen LogP contribution in [0.15, 0.2) is 36.5 Å². The highest BCUT2D eigenvalue weighted by Gasteiger charge is 2.38. The standard InChI is InChI=1S/C37H64O6/c1-4-7-10-13-14-15-16-17-18-19-20-21-22-25-26-29-34(38)37(41,32-42-35(39)30-27-23-11-8-5-2)33-43-36(40)31-28-24-12-9-6-3/h7,10,14-15,17-18,41H,4-6,8-9,11-13,16,19-33H2,1-3H3. The Kier molecular flexibility index (Phi) is 28.3. The summed E-state index contributed by atoms with van der Waals surface area (Å²) in [7, 11) is 0. The lowest BCUT2D eigenvalue weighted by atomic mass is 9.95. The number of carbonyl (C=O) groups is 3. The summed E-state index contributed by atoms with van der Waals surface area (Å²) in [5, 5.41) is 11.2. The molecule has 0 aromatic rings. The van der Waals surface area contributed by atoms with Crippen LogP contribution in [-0.2, 0) is 23.9 Å². The molecular formula is C37H64O6. The maximum absolute atomic E-state index is 13.0. The normalized spacial score (nSPS) is 12.1. The maximum atomic E-state index is 13.0. The summed E-state index contributed by atoms with van der Waals surface area (Å²) in [5.74, 6) is -1.29. The molecule has 0 atom stereocenters. The quantitative estimate of drug-likeness (QED) is 0.0499. The molecule has 0 fully saturated rings. The van der Waals surface area contributed by atoms with Crippen LogP contribution in [0.3, 0.4) is 0 Å². The number of Topliss-reactive ketones (excluding diaryl/α,β-unsaturated/α-hetero) is 1. The Morgan fingerprint density at radius 1 is 0.535 bits per heavy atom. The molecular weight excluding hydrogens is 540 g/mol. The number of aliphatic hydroxyl groups is 1. The summed E-state index contributed by atoms with van der Waals surface area (Å²) in [6.45, 7) is 5.47. The van der Waals surface area contributed by atoms with E-state index in [0.29, 0.717) is 6.42 Å².